The molecule has 0 saturated carbocycles. The van der Waals surface area contributed by atoms with Gasteiger partial charge in [-0.05, 0) is 47.2 Å². The van der Waals surface area contributed by atoms with Gasteiger partial charge >= 0.3 is 0 Å². The lowest BCUT2D eigenvalue weighted by atomic mass is 10.2. The number of nitrogens with zero attached hydrogens (tertiary/aromatic N) is 1. The summed E-state index contributed by atoms with van der Waals surface area (Å²) in [5.74, 6) is 0.274. The minimum Gasteiger partial charge on any atom is -0.494 e. The van der Waals surface area contributed by atoms with Crippen molar-refractivity contribution in [2.75, 3.05) is 0 Å². The molecule has 1 N–H and O–H groups in total. The SMILES string of the molecule is Oc1c2cc(Br)ccc2cn1-c1ccc2sccc2c1. The molecule has 2 aromatic heterocycles. The van der Waals surface area contributed by atoms with E-state index in [-0.39, 0.29) is 5.88 Å². The van der Waals surface area contributed by atoms with Crippen LogP contribution in [0.4, 0.5) is 0 Å². The first-order valence-electron chi connectivity index (χ1n) is 6.19. The Morgan fingerprint density at radius 1 is 1.00 bits per heavy atom. The predicted octanol–water partition coefficient (Wildman–Crippen LogP) is 5.31. The lowest BCUT2D eigenvalue weighted by Crippen LogP contribution is -1.89. The van der Waals surface area contributed by atoms with Crippen molar-refractivity contribution >= 4 is 48.1 Å². The van der Waals surface area contributed by atoms with Crippen LogP contribution in [-0.4, -0.2) is 9.67 Å². The molecule has 0 fully saturated rings. The van der Waals surface area contributed by atoms with Crippen LogP contribution in [0, 0.1) is 0 Å². The standard InChI is InChI=1S/C16H10BrNOS/c17-12-2-1-11-9-18(16(19)14(11)8-12)13-3-4-15-10(7-13)5-6-20-15/h1-9,19H. The van der Waals surface area contributed by atoms with Crippen molar-refractivity contribution in [3.8, 4) is 11.6 Å². The summed E-state index contributed by atoms with van der Waals surface area (Å²) in [5, 5.41) is 15.6. The molecule has 0 aliphatic carbocycles. The largest absolute Gasteiger partial charge is 0.494 e. The van der Waals surface area contributed by atoms with E-state index in [1.54, 1.807) is 11.3 Å². The Hall–Kier alpha value is -1.78. The van der Waals surface area contributed by atoms with Crippen molar-refractivity contribution in [2.24, 2.45) is 0 Å². The van der Waals surface area contributed by atoms with Crippen LogP contribution in [-0.2, 0) is 0 Å². The Morgan fingerprint density at radius 2 is 1.90 bits per heavy atom. The quantitative estimate of drug-likeness (QED) is 0.497. The summed E-state index contributed by atoms with van der Waals surface area (Å²) in [7, 11) is 0. The Kier molecular flexibility index (Phi) is 2.62. The van der Waals surface area contributed by atoms with E-state index in [0.717, 1.165) is 20.9 Å². The summed E-state index contributed by atoms with van der Waals surface area (Å²) in [6.07, 6.45) is 1.96. The molecule has 0 saturated heterocycles. The van der Waals surface area contributed by atoms with Gasteiger partial charge in [0.2, 0.25) is 5.88 Å². The lowest BCUT2D eigenvalue weighted by molar-refractivity contribution is 0.448. The number of aromatic hydroxyl groups is 1. The molecule has 0 aliphatic rings. The van der Waals surface area contributed by atoms with Crippen LogP contribution in [0.15, 0.2) is 58.5 Å². The van der Waals surface area contributed by atoms with Crippen molar-refractivity contribution in [3.05, 3.63) is 58.5 Å². The number of aromatic nitrogens is 1. The van der Waals surface area contributed by atoms with Crippen molar-refractivity contribution < 1.29 is 5.11 Å². The number of hydrogen-bond donors (Lipinski definition) is 1. The van der Waals surface area contributed by atoms with Gasteiger partial charge in [0.25, 0.3) is 0 Å². The summed E-state index contributed by atoms with van der Waals surface area (Å²) in [5.41, 5.74) is 0.973. The van der Waals surface area contributed by atoms with Crippen molar-refractivity contribution in [2.45, 2.75) is 0 Å². The van der Waals surface area contributed by atoms with E-state index in [9.17, 15) is 5.11 Å². The van der Waals surface area contributed by atoms with E-state index in [1.807, 2.05) is 35.0 Å². The van der Waals surface area contributed by atoms with E-state index in [4.69, 9.17) is 0 Å². The molecule has 98 valence electrons. The van der Waals surface area contributed by atoms with Crippen LogP contribution < -0.4 is 0 Å². The van der Waals surface area contributed by atoms with E-state index < -0.39 is 0 Å². The van der Waals surface area contributed by atoms with Crippen LogP contribution in [0.3, 0.4) is 0 Å². The Balaban J connectivity index is 1.98. The van der Waals surface area contributed by atoms with Gasteiger partial charge in [-0.1, -0.05) is 22.0 Å². The molecule has 2 heterocycles. The third-order valence-corrected chi connectivity index (χ3v) is 4.86. The van der Waals surface area contributed by atoms with Gasteiger partial charge in [0.05, 0.1) is 0 Å². The second-order valence-electron chi connectivity index (χ2n) is 4.70. The third-order valence-electron chi connectivity index (χ3n) is 3.47. The Labute approximate surface area is 128 Å². The zero-order chi connectivity index (χ0) is 13.7. The number of hydrogen-bond acceptors (Lipinski definition) is 2. The zero-order valence-electron chi connectivity index (χ0n) is 10.4. The monoisotopic (exact) mass is 343 g/mol. The smallest absolute Gasteiger partial charge is 0.203 e. The number of halogens is 1. The summed E-state index contributed by atoms with van der Waals surface area (Å²) in [4.78, 5) is 0. The van der Waals surface area contributed by atoms with Crippen LogP contribution in [0.25, 0.3) is 26.5 Å². The minimum atomic E-state index is 0.274. The number of benzene rings is 2. The summed E-state index contributed by atoms with van der Waals surface area (Å²) < 4.78 is 4.05. The van der Waals surface area contributed by atoms with Gasteiger partial charge in [0, 0.05) is 31.8 Å². The van der Waals surface area contributed by atoms with Crippen LogP contribution >= 0.6 is 27.3 Å². The fraction of sp³-hybridized carbons (Fsp3) is 0. The Bertz CT molecular complexity index is 938. The van der Waals surface area contributed by atoms with Crippen LogP contribution in [0.2, 0.25) is 0 Å². The molecule has 2 aromatic carbocycles. The molecule has 0 amide bonds. The molecule has 0 unspecified atom stereocenters. The highest BCUT2D eigenvalue weighted by Gasteiger charge is 2.10. The van der Waals surface area contributed by atoms with Gasteiger partial charge in [-0.3, -0.25) is 4.57 Å². The molecule has 2 nitrogen and oxygen atoms in total. The molecular weight excluding hydrogens is 334 g/mol. The van der Waals surface area contributed by atoms with Crippen molar-refractivity contribution in [1.29, 1.82) is 0 Å². The maximum absolute atomic E-state index is 10.4. The molecule has 0 atom stereocenters. The second kappa shape index (κ2) is 4.36. The highest BCUT2D eigenvalue weighted by Crippen LogP contribution is 2.33. The van der Waals surface area contributed by atoms with Gasteiger partial charge in [-0.15, -0.1) is 11.3 Å². The molecule has 0 radical (unpaired) electrons. The fourth-order valence-corrected chi connectivity index (χ4v) is 3.60. The highest BCUT2D eigenvalue weighted by molar-refractivity contribution is 9.10. The van der Waals surface area contributed by atoms with Crippen LogP contribution in [0.5, 0.6) is 5.88 Å². The lowest BCUT2D eigenvalue weighted by Gasteiger charge is -2.05. The van der Waals surface area contributed by atoms with E-state index in [1.165, 1.54) is 10.1 Å². The average molecular weight is 344 g/mol. The van der Waals surface area contributed by atoms with Gasteiger partial charge in [-0.25, -0.2) is 0 Å². The normalized spacial score (nSPS) is 11.4. The maximum atomic E-state index is 10.4. The van der Waals surface area contributed by atoms with E-state index in [0.29, 0.717) is 0 Å². The summed E-state index contributed by atoms with van der Waals surface area (Å²) >= 11 is 5.16. The number of fused-ring (bicyclic) bond motifs is 2. The van der Waals surface area contributed by atoms with Crippen molar-refractivity contribution in [3.63, 3.8) is 0 Å². The minimum absolute atomic E-state index is 0.274. The molecule has 0 aliphatic heterocycles. The van der Waals surface area contributed by atoms with E-state index >= 15 is 0 Å². The third kappa shape index (κ3) is 1.76. The number of rotatable bonds is 1. The second-order valence-corrected chi connectivity index (χ2v) is 6.56. The maximum Gasteiger partial charge on any atom is 0.203 e. The molecule has 4 heteroatoms. The predicted molar refractivity (Wildman–Crippen MR) is 88.0 cm³/mol. The van der Waals surface area contributed by atoms with Gasteiger partial charge in [-0.2, -0.15) is 0 Å². The fourth-order valence-electron chi connectivity index (χ4n) is 2.47. The molecule has 4 aromatic rings. The summed E-state index contributed by atoms with van der Waals surface area (Å²) in [6.45, 7) is 0. The zero-order valence-corrected chi connectivity index (χ0v) is 12.8. The molecular formula is C16H10BrNOS. The van der Waals surface area contributed by atoms with Gasteiger partial charge in [0.15, 0.2) is 0 Å². The molecule has 0 spiro atoms. The molecule has 4 rings (SSSR count). The topological polar surface area (TPSA) is 25.2 Å². The van der Waals surface area contributed by atoms with Gasteiger partial charge in [0.1, 0.15) is 0 Å². The molecule has 20 heavy (non-hydrogen) atoms. The first-order valence-corrected chi connectivity index (χ1v) is 7.87. The first-order chi connectivity index (χ1) is 9.72. The number of thiophene rings is 1. The van der Waals surface area contributed by atoms with Crippen LogP contribution in [0.1, 0.15) is 0 Å². The average Bonchev–Trinajstić information content (AvgIpc) is 3.03. The van der Waals surface area contributed by atoms with Gasteiger partial charge < -0.3 is 5.11 Å². The molecule has 0 bridgehead atoms. The Morgan fingerprint density at radius 3 is 2.80 bits per heavy atom. The van der Waals surface area contributed by atoms with E-state index in [2.05, 4.69) is 39.5 Å². The van der Waals surface area contributed by atoms with Crippen molar-refractivity contribution in [1.82, 2.24) is 4.57 Å². The summed E-state index contributed by atoms with van der Waals surface area (Å²) in [6, 6.07) is 14.2. The highest BCUT2D eigenvalue weighted by atomic mass is 79.9. The first kappa shape index (κ1) is 12.0.